The van der Waals surface area contributed by atoms with Crippen LogP contribution in [0, 0.1) is 5.92 Å². The van der Waals surface area contributed by atoms with Crippen LogP contribution in [0.15, 0.2) is 12.2 Å². The molecule has 5 heteroatoms. The molecule has 0 spiro atoms. The van der Waals surface area contributed by atoms with Crippen molar-refractivity contribution < 1.29 is 9.90 Å². The molecule has 0 saturated heterocycles. The summed E-state index contributed by atoms with van der Waals surface area (Å²) in [6.45, 7) is 2.34. The number of urea groups is 1. The Hall–Kier alpha value is -0.680. The van der Waals surface area contributed by atoms with Crippen molar-refractivity contribution in [1.29, 1.82) is 0 Å². The molecule has 0 aliphatic heterocycles. The minimum absolute atomic E-state index is 0.0689. The second-order valence-electron chi connectivity index (χ2n) is 5.37. The zero-order valence-corrected chi connectivity index (χ0v) is 12.3. The quantitative estimate of drug-likeness (QED) is 0.676. The van der Waals surface area contributed by atoms with Gasteiger partial charge in [0.1, 0.15) is 0 Å². The highest BCUT2D eigenvalue weighted by Crippen LogP contribution is 2.29. The van der Waals surface area contributed by atoms with Crippen LogP contribution in [-0.4, -0.2) is 40.8 Å². The van der Waals surface area contributed by atoms with Gasteiger partial charge in [0.15, 0.2) is 0 Å². The van der Waals surface area contributed by atoms with Gasteiger partial charge in [0.2, 0.25) is 0 Å². The minimum Gasteiger partial charge on any atom is -0.396 e. The predicted molar refractivity (Wildman–Crippen MR) is 79.3 cm³/mol. The molecular weight excluding hydrogens is 260 g/mol. The van der Waals surface area contributed by atoms with E-state index in [2.05, 4.69) is 17.6 Å². The van der Waals surface area contributed by atoms with Crippen molar-refractivity contribution in [2.24, 2.45) is 5.92 Å². The van der Waals surface area contributed by atoms with E-state index in [0.29, 0.717) is 11.3 Å². The number of aliphatic hydroxyl groups is 1. The predicted octanol–water partition coefficient (Wildman–Crippen LogP) is 1.90. The molecule has 4 atom stereocenters. The topological polar surface area (TPSA) is 61.4 Å². The number of hydrogen-bond donors (Lipinski definition) is 3. The van der Waals surface area contributed by atoms with Gasteiger partial charge in [-0.2, -0.15) is 11.8 Å². The van der Waals surface area contributed by atoms with Gasteiger partial charge in [-0.15, -0.1) is 0 Å². The highest BCUT2D eigenvalue weighted by Gasteiger charge is 2.26. The fourth-order valence-corrected chi connectivity index (χ4v) is 4.01. The Morgan fingerprint density at radius 1 is 1.32 bits per heavy atom. The summed E-state index contributed by atoms with van der Waals surface area (Å²) in [4.78, 5) is 11.9. The van der Waals surface area contributed by atoms with E-state index in [9.17, 15) is 4.79 Å². The van der Waals surface area contributed by atoms with Gasteiger partial charge < -0.3 is 15.7 Å². The van der Waals surface area contributed by atoms with Gasteiger partial charge in [-0.1, -0.05) is 19.1 Å². The molecule has 3 N–H and O–H groups in total. The van der Waals surface area contributed by atoms with Crippen molar-refractivity contribution in [2.75, 3.05) is 12.4 Å². The van der Waals surface area contributed by atoms with Crippen LogP contribution in [0.4, 0.5) is 4.79 Å². The molecule has 2 unspecified atom stereocenters. The molecule has 108 valence electrons. The number of thioether (sulfide) groups is 1. The van der Waals surface area contributed by atoms with E-state index < -0.39 is 0 Å². The van der Waals surface area contributed by atoms with Crippen molar-refractivity contribution in [3.63, 3.8) is 0 Å². The fraction of sp³-hybridized carbons (Fsp3) is 0.786. The van der Waals surface area contributed by atoms with E-state index in [-0.39, 0.29) is 24.6 Å². The SMILES string of the molecule is CCSC1CCC(NC(=O)N[C@@H]2C=C[C@H](CO)C2)C1. The van der Waals surface area contributed by atoms with E-state index in [0.717, 1.165) is 25.0 Å². The first-order valence-corrected chi connectivity index (χ1v) is 8.24. The van der Waals surface area contributed by atoms with E-state index in [1.54, 1.807) is 0 Å². The molecule has 0 heterocycles. The van der Waals surface area contributed by atoms with Gasteiger partial charge in [0.05, 0.1) is 0 Å². The maximum Gasteiger partial charge on any atom is 0.315 e. The van der Waals surface area contributed by atoms with Gasteiger partial charge in [-0.3, -0.25) is 0 Å². The molecular formula is C14H24N2O2S. The first-order valence-electron chi connectivity index (χ1n) is 7.19. The Morgan fingerprint density at radius 3 is 2.84 bits per heavy atom. The minimum atomic E-state index is -0.0691. The number of carbonyl (C=O) groups is 1. The maximum absolute atomic E-state index is 11.9. The lowest BCUT2D eigenvalue weighted by atomic mass is 10.1. The number of carbonyl (C=O) groups excluding carboxylic acids is 1. The Morgan fingerprint density at radius 2 is 2.16 bits per heavy atom. The summed E-state index contributed by atoms with van der Waals surface area (Å²) in [5, 5.41) is 15.8. The number of aliphatic hydroxyl groups excluding tert-OH is 1. The first kappa shape index (κ1) is 14.7. The molecule has 2 aliphatic carbocycles. The molecule has 4 nitrogen and oxygen atoms in total. The molecule has 2 rings (SSSR count). The smallest absolute Gasteiger partial charge is 0.315 e. The molecule has 2 aliphatic rings. The number of hydrogen-bond acceptors (Lipinski definition) is 3. The van der Waals surface area contributed by atoms with Crippen molar-refractivity contribution in [2.45, 2.75) is 49.9 Å². The van der Waals surface area contributed by atoms with E-state index in [4.69, 9.17) is 5.11 Å². The zero-order chi connectivity index (χ0) is 13.7. The van der Waals surface area contributed by atoms with Gasteiger partial charge in [-0.25, -0.2) is 4.79 Å². The number of rotatable bonds is 5. The first-order chi connectivity index (χ1) is 9.21. The Bertz CT molecular complexity index is 335. The second-order valence-corrected chi connectivity index (χ2v) is 6.95. The van der Waals surface area contributed by atoms with Gasteiger partial charge in [0.25, 0.3) is 0 Å². The molecule has 0 aromatic heterocycles. The third-order valence-electron chi connectivity index (χ3n) is 3.85. The largest absolute Gasteiger partial charge is 0.396 e. The summed E-state index contributed by atoms with van der Waals surface area (Å²) in [6, 6.07) is 0.322. The molecule has 0 bridgehead atoms. The average molecular weight is 284 g/mol. The normalized spacial score (nSPS) is 33.6. The molecule has 2 amide bonds. The van der Waals surface area contributed by atoms with Crippen LogP contribution in [0.3, 0.4) is 0 Å². The van der Waals surface area contributed by atoms with Crippen molar-refractivity contribution in [1.82, 2.24) is 10.6 Å². The average Bonchev–Trinajstić information content (AvgIpc) is 2.99. The summed E-state index contributed by atoms with van der Waals surface area (Å²) < 4.78 is 0. The van der Waals surface area contributed by atoms with Gasteiger partial charge in [-0.05, 0) is 31.4 Å². The molecule has 19 heavy (non-hydrogen) atoms. The van der Waals surface area contributed by atoms with Crippen LogP contribution in [-0.2, 0) is 0 Å². The summed E-state index contributed by atoms with van der Waals surface area (Å²) >= 11 is 2.00. The van der Waals surface area contributed by atoms with Crippen LogP contribution in [0.25, 0.3) is 0 Å². The van der Waals surface area contributed by atoms with Crippen LogP contribution in [0.2, 0.25) is 0 Å². The van der Waals surface area contributed by atoms with E-state index in [1.807, 2.05) is 23.9 Å². The lowest BCUT2D eigenvalue weighted by Gasteiger charge is -2.17. The number of nitrogens with one attached hydrogen (secondary N) is 2. The summed E-state index contributed by atoms with van der Waals surface area (Å²) in [7, 11) is 0. The molecule has 0 aromatic rings. The Kier molecular flexibility index (Phi) is 5.58. The highest BCUT2D eigenvalue weighted by molar-refractivity contribution is 7.99. The van der Waals surface area contributed by atoms with Crippen LogP contribution in [0.5, 0.6) is 0 Å². The molecule has 0 aromatic carbocycles. The summed E-state index contributed by atoms with van der Waals surface area (Å²) in [6.07, 6.45) is 8.15. The van der Waals surface area contributed by atoms with Crippen molar-refractivity contribution in [3.05, 3.63) is 12.2 Å². The lowest BCUT2D eigenvalue weighted by Crippen LogP contribution is -2.44. The van der Waals surface area contributed by atoms with Crippen molar-refractivity contribution in [3.8, 4) is 0 Å². The third-order valence-corrected chi connectivity index (χ3v) is 5.08. The van der Waals surface area contributed by atoms with Crippen LogP contribution < -0.4 is 10.6 Å². The van der Waals surface area contributed by atoms with Crippen LogP contribution >= 0.6 is 11.8 Å². The van der Waals surface area contributed by atoms with Gasteiger partial charge in [0, 0.05) is 29.9 Å². The zero-order valence-electron chi connectivity index (χ0n) is 11.5. The second kappa shape index (κ2) is 7.20. The summed E-state index contributed by atoms with van der Waals surface area (Å²) in [5.74, 6) is 1.35. The van der Waals surface area contributed by atoms with E-state index in [1.165, 1.54) is 6.42 Å². The fourth-order valence-electron chi connectivity index (χ4n) is 2.87. The standard InChI is InChI=1S/C14H24N2O2S/c1-2-19-13-6-5-12(8-13)16-14(18)15-11-4-3-10(7-11)9-17/h3-4,10-13,17H,2,5-9H2,1H3,(H2,15,16,18)/t10-,11+,12?,13?/m0/s1. The monoisotopic (exact) mass is 284 g/mol. The van der Waals surface area contributed by atoms with E-state index >= 15 is 0 Å². The maximum atomic E-state index is 11.9. The summed E-state index contributed by atoms with van der Waals surface area (Å²) in [5.41, 5.74) is 0. The lowest BCUT2D eigenvalue weighted by molar-refractivity contribution is 0.228. The molecule has 1 saturated carbocycles. The molecule has 1 fully saturated rings. The highest BCUT2D eigenvalue weighted by atomic mass is 32.2. The third kappa shape index (κ3) is 4.42. The van der Waals surface area contributed by atoms with Gasteiger partial charge >= 0.3 is 6.03 Å². The molecule has 0 radical (unpaired) electrons. The van der Waals surface area contributed by atoms with Crippen LogP contribution in [0.1, 0.15) is 32.6 Å². The van der Waals surface area contributed by atoms with Crippen molar-refractivity contribution >= 4 is 17.8 Å². The Labute approximate surface area is 119 Å². The number of amides is 2. The Balaban J connectivity index is 1.67.